The second kappa shape index (κ2) is 10.1. The van der Waals surface area contributed by atoms with Gasteiger partial charge in [0.2, 0.25) is 5.88 Å². The Morgan fingerprint density at radius 3 is 2.29 bits per heavy atom. The van der Waals surface area contributed by atoms with Gasteiger partial charge >= 0.3 is 5.69 Å². The van der Waals surface area contributed by atoms with Crippen molar-refractivity contribution in [3.63, 3.8) is 0 Å². The first kappa shape index (κ1) is 24.2. The molecule has 1 aliphatic heterocycles. The summed E-state index contributed by atoms with van der Waals surface area (Å²) in [6, 6.07) is 8.49. The van der Waals surface area contributed by atoms with Crippen molar-refractivity contribution in [1.82, 2.24) is 14.9 Å². The van der Waals surface area contributed by atoms with Crippen molar-refractivity contribution in [3.05, 3.63) is 73.4 Å². The Bertz CT molecular complexity index is 1350. The number of fused-ring (bicyclic) bond motifs is 1. The summed E-state index contributed by atoms with van der Waals surface area (Å²) in [5.74, 6) is 1.88. The Hall–Kier alpha value is -3.92. The van der Waals surface area contributed by atoms with Gasteiger partial charge < -0.3 is 29.4 Å². The molecule has 0 bridgehead atoms. The summed E-state index contributed by atoms with van der Waals surface area (Å²) in [4.78, 5) is 27.8. The smallest absolute Gasteiger partial charge is 0.331 e. The van der Waals surface area contributed by atoms with E-state index < -0.39 is 17.3 Å². The van der Waals surface area contributed by atoms with E-state index in [1.807, 2.05) is 18.2 Å². The quantitative estimate of drug-likeness (QED) is 0.443. The molecule has 1 aliphatic rings. The number of hydrogen-bond acceptors (Lipinski definition) is 8. The third kappa shape index (κ3) is 4.57. The summed E-state index contributed by atoms with van der Waals surface area (Å²) in [5.41, 5.74) is 1.37. The van der Waals surface area contributed by atoms with Gasteiger partial charge in [-0.2, -0.15) is 0 Å². The molecule has 0 spiro atoms. The number of H-pyrrole nitrogens is 1. The zero-order chi connectivity index (χ0) is 25.1. The summed E-state index contributed by atoms with van der Waals surface area (Å²) in [6.07, 6.45) is 1.13. The molecule has 0 fully saturated rings. The van der Waals surface area contributed by atoms with Crippen molar-refractivity contribution in [3.8, 4) is 28.9 Å². The van der Waals surface area contributed by atoms with E-state index in [-0.39, 0.29) is 18.0 Å². The number of hydrogen-bond donors (Lipinski definition) is 3. The van der Waals surface area contributed by atoms with Gasteiger partial charge in [0, 0.05) is 13.1 Å². The van der Waals surface area contributed by atoms with Gasteiger partial charge in [0.1, 0.15) is 0 Å². The Morgan fingerprint density at radius 1 is 0.943 bits per heavy atom. The fourth-order valence-electron chi connectivity index (χ4n) is 4.46. The number of nitrogens with zero attached hydrogens (tertiary/aromatic N) is 1. The van der Waals surface area contributed by atoms with Crippen molar-refractivity contribution >= 4 is 0 Å². The zero-order valence-electron chi connectivity index (χ0n) is 20.1. The van der Waals surface area contributed by atoms with Crippen LogP contribution >= 0.6 is 0 Å². The van der Waals surface area contributed by atoms with Gasteiger partial charge in [-0.3, -0.25) is 14.3 Å². The van der Waals surface area contributed by atoms with Crippen LogP contribution in [0, 0.1) is 0 Å². The highest BCUT2D eigenvalue weighted by atomic mass is 16.5. The monoisotopic (exact) mass is 483 g/mol. The van der Waals surface area contributed by atoms with Crippen LogP contribution in [0.25, 0.3) is 0 Å². The minimum Gasteiger partial charge on any atom is -0.494 e. The first-order valence-corrected chi connectivity index (χ1v) is 11.2. The Balaban J connectivity index is 1.72. The number of aromatic hydroxyl groups is 1. The summed E-state index contributed by atoms with van der Waals surface area (Å²) >= 11 is 0. The Kier molecular flexibility index (Phi) is 7.02. The van der Waals surface area contributed by atoms with Gasteiger partial charge in [-0.25, -0.2) is 4.79 Å². The van der Waals surface area contributed by atoms with E-state index in [2.05, 4.69) is 10.3 Å². The van der Waals surface area contributed by atoms with E-state index in [1.165, 1.54) is 11.7 Å². The third-order valence-corrected chi connectivity index (χ3v) is 6.27. The molecular weight excluding hydrogens is 454 g/mol. The lowest BCUT2D eigenvalue weighted by Crippen LogP contribution is -2.39. The molecule has 2 heterocycles. The van der Waals surface area contributed by atoms with Gasteiger partial charge in [-0.15, -0.1) is 0 Å². The minimum absolute atomic E-state index is 0.0741. The van der Waals surface area contributed by atoms with Crippen LogP contribution in [0.2, 0.25) is 0 Å². The maximum Gasteiger partial charge on any atom is 0.331 e. The lowest BCUT2D eigenvalue weighted by molar-refractivity contribution is 0.352. The Labute approximate surface area is 202 Å². The van der Waals surface area contributed by atoms with Crippen molar-refractivity contribution in [2.24, 2.45) is 0 Å². The molecule has 3 aromatic rings. The molecule has 35 heavy (non-hydrogen) atoms. The van der Waals surface area contributed by atoms with E-state index in [1.54, 1.807) is 33.5 Å². The number of methoxy groups -OCH3 is 4. The number of rotatable bonds is 8. The van der Waals surface area contributed by atoms with Crippen LogP contribution in [0.4, 0.5) is 0 Å². The SMILES string of the molecule is COc1ccc(CCn2c(O)c(C3NCCc4cc(OC)c(OC)cc43)c(=O)[nH]c2=O)cc1OC. The summed E-state index contributed by atoms with van der Waals surface area (Å²) in [6.45, 7) is 0.728. The van der Waals surface area contributed by atoms with Crippen LogP contribution in [0.15, 0.2) is 39.9 Å². The molecule has 0 radical (unpaired) electrons. The lowest BCUT2D eigenvalue weighted by Gasteiger charge is -2.28. The fourth-order valence-corrected chi connectivity index (χ4v) is 4.46. The molecule has 1 atom stereocenters. The van der Waals surface area contributed by atoms with Gasteiger partial charge in [-0.1, -0.05) is 6.07 Å². The van der Waals surface area contributed by atoms with E-state index in [4.69, 9.17) is 18.9 Å². The van der Waals surface area contributed by atoms with Crippen LogP contribution in [-0.4, -0.2) is 49.6 Å². The van der Waals surface area contributed by atoms with Crippen LogP contribution in [0.1, 0.15) is 28.3 Å². The summed E-state index contributed by atoms with van der Waals surface area (Å²) in [7, 11) is 6.20. The molecule has 10 heteroatoms. The molecule has 3 N–H and O–H groups in total. The maximum atomic E-state index is 12.9. The second-order valence-corrected chi connectivity index (χ2v) is 8.13. The van der Waals surface area contributed by atoms with Gasteiger partial charge in [-0.05, 0) is 53.8 Å². The van der Waals surface area contributed by atoms with E-state index >= 15 is 0 Å². The van der Waals surface area contributed by atoms with Crippen LogP contribution in [0.5, 0.6) is 28.9 Å². The highest BCUT2D eigenvalue weighted by molar-refractivity contribution is 5.52. The summed E-state index contributed by atoms with van der Waals surface area (Å²) in [5, 5.41) is 14.4. The first-order valence-electron chi connectivity index (χ1n) is 11.2. The number of aryl methyl sites for hydroxylation is 1. The average Bonchev–Trinajstić information content (AvgIpc) is 2.87. The maximum absolute atomic E-state index is 12.9. The van der Waals surface area contributed by atoms with Crippen molar-refractivity contribution in [1.29, 1.82) is 0 Å². The summed E-state index contributed by atoms with van der Waals surface area (Å²) < 4.78 is 22.6. The lowest BCUT2D eigenvalue weighted by atomic mass is 9.90. The number of nitrogens with one attached hydrogen (secondary N) is 2. The third-order valence-electron chi connectivity index (χ3n) is 6.27. The number of ether oxygens (including phenoxy) is 4. The average molecular weight is 484 g/mol. The predicted molar refractivity (Wildman–Crippen MR) is 129 cm³/mol. The number of aromatic amines is 1. The van der Waals surface area contributed by atoms with Gasteiger partial charge in [0.05, 0.1) is 40.0 Å². The van der Waals surface area contributed by atoms with Crippen molar-refractivity contribution in [2.75, 3.05) is 35.0 Å². The first-order chi connectivity index (χ1) is 16.9. The topological polar surface area (TPSA) is 124 Å². The van der Waals surface area contributed by atoms with Gasteiger partial charge in [0.25, 0.3) is 5.56 Å². The highest BCUT2D eigenvalue weighted by Gasteiger charge is 2.30. The number of aromatic nitrogens is 2. The molecule has 1 unspecified atom stereocenters. The molecule has 4 rings (SSSR count). The molecule has 186 valence electrons. The molecule has 2 aromatic carbocycles. The fraction of sp³-hybridized carbons (Fsp3) is 0.360. The Morgan fingerprint density at radius 2 is 1.60 bits per heavy atom. The van der Waals surface area contributed by atoms with E-state index in [0.29, 0.717) is 42.4 Å². The van der Waals surface area contributed by atoms with Crippen molar-refractivity contribution < 1.29 is 24.1 Å². The highest BCUT2D eigenvalue weighted by Crippen LogP contribution is 2.38. The molecule has 1 aromatic heterocycles. The van der Waals surface area contributed by atoms with Crippen LogP contribution in [-0.2, 0) is 19.4 Å². The second-order valence-electron chi connectivity index (χ2n) is 8.13. The van der Waals surface area contributed by atoms with Crippen molar-refractivity contribution in [2.45, 2.75) is 25.4 Å². The minimum atomic E-state index is -0.680. The predicted octanol–water partition coefficient (Wildman–Crippen LogP) is 1.75. The van der Waals surface area contributed by atoms with Crippen LogP contribution in [0.3, 0.4) is 0 Å². The van der Waals surface area contributed by atoms with Gasteiger partial charge in [0.15, 0.2) is 23.0 Å². The zero-order valence-corrected chi connectivity index (χ0v) is 20.1. The molecular formula is C25H29N3O7. The largest absolute Gasteiger partial charge is 0.494 e. The molecule has 10 nitrogen and oxygen atoms in total. The van der Waals surface area contributed by atoms with E-state index in [9.17, 15) is 14.7 Å². The van der Waals surface area contributed by atoms with Crippen LogP contribution < -0.4 is 35.5 Å². The molecule has 0 aliphatic carbocycles. The molecule has 0 amide bonds. The molecule has 0 saturated carbocycles. The molecule has 0 saturated heterocycles. The van der Waals surface area contributed by atoms with E-state index in [0.717, 1.165) is 16.7 Å². The normalized spacial score (nSPS) is 14.8. The number of benzene rings is 2. The standard InChI is InChI=1S/C25H29N3O7/c1-32-17-6-5-14(11-18(17)33-2)8-10-28-24(30)21(23(29)27-25(28)31)22-16-13-20(35-4)19(34-3)12-15(16)7-9-26-22/h5-6,11-13,22,26,30H,7-10H2,1-4H3,(H,27,29,31).